The summed E-state index contributed by atoms with van der Waals surface area (Å²) in [4.78, 5) is 13.0. The predicted octanol–water partition coefficient (Wildman–Crippen LogP) is 4.80. The van der Waals surface area contributed by atoms with Crippen molar-refractivity contribution in [2.24, 2.45) is 0 Å². The topological polar surface area (TPSA) is 63.2 Å². The maximum absolute atomic E-state index is 13.0. The van der Waals surface area contributed by atoms with Crippen molar-refractivity contribution in [2.75, 3.05) is 28.4 Å². The van der Waals surface area contributed by atoms with Crippen LogP contribution in [0.25, 0.3) is 12.2 Å². The maximum atomic E-state index is 13.0. The van der Waals surface area contributed by atoms with Gasteiger partial charge in [-0.3, -0.25) is 4.79 Å². The third-order valence-corrected chi connectivity index (χ3v) is 4.81. The summed E-state index contributed by atoms with van der Waals surface area (Å²) in [6, 6.07) is 6.95. The average Bonchev–Trinajstić information content (AvgIpc) is 2.75. The summed E-state index contributed by atoms with van der Waals surface area (Å²) in [5.74, 6) is 2.62. The van der Waals surface area contributed by atoms with Gasteiger partial charge in [-0.25, -0.2) is 0 Å². The van der Waals surface area contributed by atoms with Crippen molar-refractivity contribution in [2.45, 2.75) is 19.4 Å². The van der Waals surface area contributed by atoms with E-state index >= 15 is 0 Å². The molecule has 1 heterocycles. The van der Waals surface area contributed by atoms with E-state index in [1.165, 1.54) is 6.08 Å². The Labute approximate surface area is 176 Å². The Hall–Kier alpha value is -3.41. The predicted molar refractivity (Wildman–Crippen MR) is 116 cm³/mol. The molecule has 0 aromatic heterocycles. The molecular formula is C24H26O6. The number of hydrogen-bond donors (Lipinski definition) is 0. The highest BCUT2D eigenvalue weighted by molar-refractivity contribution is 6.09. The number of carbonyl (C=O) groups is 1. The molecule has 0 amide bonds. The second-order valence-electron chi connectivity index (χ2n) is 7.24. The molecule has 0 spiro atoms. The summed E-state index contributed by atoms with van der Waals surface area (Å²) < 4.78 is 27.6. The van der Waals surface area contributed by atoms with E-state index in [2.05, 4.69) is 0 Å². The van der Waals surface area contributed by atoms with Gasteiger partial charge < -0.3 is 23.7 Å². The molecule has 0 atom stereocenters. The van der Waals surface area contributed by atoms with Crippen LogP contribution < -0.4 is 23.7 Å². The Kier molecular flexibility index (Phi) is 6.06. The van der Waals surface area contributed by atoms with E-state index in [1.54, 1.807) is 58.8 Å². The van der Waals surface area contributed by atoms with Gasteiger partial charge in [0.25, 0.3) is 0 Å². The fourth-order valence-electron chi connectivity index (χ4n) is 3.24. The zero-order valence-electron chi connectivity index (χ0n) is 18.1. The first-order chi connectivity index (χ1) is 14.3. The van der Waals surface area contributed by atoms with E-state index in [1.807, 2.05) is 26.0 Å². The van der Waals surface area contributed by atoms with Crippen molar-refractivity contribution in [3.05, 3.63) is 53.1 Å². The molecule has 0 saturated heterocycles. The van der Waals surface area contributed by atoms with Crippen molar-refractivity contribution < 1.29 is 28.5 Å². The highest BCUT2D eigenvalue weighted by Crippen LogP contribution is 2.40. The molecule has 3 rings (SSSR count). The standard InChI is InChI=1S/C24H26O6/c1-24(2)12-11-17-19(26-3)10-8-16(23(17)30-24)18(25)9-7-15-13-21(28-5)22(29-6)14-20(15)27-4/h7-14H,1-6H3. The third-order valence-electron chi connectivity index (χ3n) is 4.81. The lowest BCUT2D eigenvalue weighted by molar-refractivity contribution is 0.103. The molecule has 0 aliphatic carbocycles. The SMILES string of the molecule is COc1cc(OC)c(OC)cc1C=CC(=O)c1ccc(OC)c2c1OC(C)(C)C=C2. The van der Waals surface area contributed by atoms with Gasteiger partial charge in [-0.15, -0.1) is 0 Å². The van der Waals surface area contributed by atoms with Gasteiger partial charge in [-0.05, 0) is 56.4 Å². The summed E-state index contributed by atoms with van der Waals surface area (Å²) >= 11 is 0. The molecule has 0 fully saturated rings. The first kappa shape index (κ1) is 21.3. The van der Waals surface area contributed by atoms with Crippen LogP contribution in [0.15, 0.2) is 36.4 Å². The first-order valence-corrected chi connectivity index (χ1v) is 9.45. The van der Waals surface area contributed by atoms with Gasteiger partial charge >= 0.3 is 0 Å². The molecule has 0 N–H and O–H groups in total. The summed E-state index contributed by atoms with van der Waals surface area (Å²) in [6.45, 7) is 3.87. The largest absolute Gasteiger partial charge is 0.496 e. The number of ketones is 1. The number of carbonyl (C=O) groups excluding carboxylic acids is 1. The van der Waals surface area contributed by atoms with Crippen LogP contribution in [0.4, 0.5) is 0 Å². The van der Waals surface area contributed by atoms with Gasteiger partial charge in [-0.2, -0.15) is 0 Å². The van der Waals surface area contributed by atoms with Crippen molar-refractivity contribution in [1.82, 2.24) is 0 Å². The van der Waals surface area contributed by atoms with E-state index < -0.39 is 5.60 Å². The van der Waals surface area contributed by atoms with Crippen LogP contribution in [-0.2, 0) is 0 Å². The number of methoxy groups -OCH3 is 4. The van der Waals surface area contributed by atoms with E-state index in [0.29, 0.717) is 39.9 Å². The number of fused-ring (bicyclic) bond motifs is 1. The zero-order valence-corrected chi connectivity index (χ0v) is 18.1. The van der Waals surface area contributed by atoms with Crippen LogP contribution in [0.1, 0.15) is 35.3 Å². The minimum atomic E-state index is -0.523. The molecule has 30 heavy (non-hydrogen) atoms. The fourth-order valence-corrected chi connectivity index (χ4v) is 3.24. The lowest BCUT2D eigenvalue weighted by Crippen LogP contribution is -2.28. The first-order valence-electron chi connectivity index (χ1n) is 9.45. The van der Waals surface area contributed by atoms with Crippen molar-refractivity contribution >= 4 is 17.9 Å². The number of benzene rings is 2. The van der Waals surface area contributed by atoms with Gasteiger partial charge in [0.1, 0.15) is 22.8 Å². The summed E-state index contributed by atoms with van der Waals surface area (Å²) in [5, 5.41) is 0. The van der Waals surface area contributed by atoms with E-state index in [-0.39, 0.29) is 5.78 Å². The number of rotatable bonds is 7. The van der Waals surface area contributed by atoms with Crippen LogP contribution in [-0.4, -0.2) is 39.8 Å². The second-order valence-corrected chi connectivity index (χ2v) is 7.24. The normalized spacial score (nSPS) is 14.1. The number of ether oxygens (including phenoxy) is 5. The van der Waals surface area contributed by atoms with Gasteiger partial charge in [-0.1, -0.05) is 0 Å². The number of hydrogen-bond acceptors (Lipinski definition) is 6. The van der Waals surface area contributed by atoms with E-state index in [9.17, 15) is 4.79 Å². The van der Waals surface area contributed by atoms with Gasteiger partial charge in [0.15, 0.2) is 17.3 Å². The van der Waals surface area contributed by atoms with Crippen LogP contribution in [0.5, 0.6) is 28.7 Å². The summed E-state index contributed by atoms with van der Waals surface area (Å²) in [5.41, 5.74) is 1.37. The molecule has 2 aromatic carbocycles. The number of allylic oxidation sites excluding steroid dienone is 1. The van der Waals surface area contributed by atoms with Crippen molar-refractivity contribution in [1.29, 1.82) is 0 Å². The maximum Gasteiger partial charge on any atom is 0.189 e. The molecule has 6 nitrogen and oxygen atoms in total. The van der Waals surface area contributed by atoms with Crippen LogP contribution in [0, 0.1) is 0 Å². The second kappa shape index (κ2) is 8.53. The molecule has 0 unspecified atom stereocenters. The Morgan fingerprint density at radius 1 is 0.900 bits per heavy atom. The molecule has 158 valence electrons. The van der Waals surface area contributed by atoms with Gasteiger partial charge in [0.2, 0.25) is 0 Å². The Balaban J connectivity index is 2.00. The summed E-state index contributed by atoms with van der Waals surface area (Å²) in [6.07, 6.45) is 7.04. The Morgan fingerprint density at radius 3 is 2.17 bits per heavy atom. The molecular weight excluding hydrogens is 384 g/mol. The van der Waals surface area contributed by atoms with Crippen LogP contribution in [0.3, 0.4) is 0 Å². The molecule has 0 bridgehead atoms. The highest BCUT2D eigenvalue weighted by atomic mass is 16.5. The third kappa shape index (κ3) is 4.13. The Morgan fingerprint density at radius 2 is 1.53 bits per heavy atom. The highest BCUT2D eigenvalue weighted by Gasteiger charge is 2.27. The molecule has 0 saturated carbocycles. The van der Waals surface area contributed by atoms with Gasteiger partial charge in [0.05, 0.1) is 39.6 Å². The monoisotopic (exact) mass is 410 g/mol. The zero-order chi connectivity index (χ0) is 21.9. The fraction of sp³-hybridized carbons (Fsp3) is 0.292. The molecule has 6 heteroatoms. The van der Waals surface area contributed by atoms with E-state index in [0.717, 1.165) is 5.56 Å². The molecule has 1 aliphatic heterocycles. The van der Waals surface area contributed by atoms with Crippen molar-refractivity contribution in [3.8, 4) is 28.7 Å². The molecule has 2 aromatic rings. The minimum Gasteiger partial charge on any atom is -0.496 e. The lowest BCUT2D eigenvalue weighted by atomic mass is 9.97. The van der Waals surface area contributed by atoms with Gasteiger partial charge in [0, 0.05) is 11.6 Å². The van der Waals surface area contributed by atoms with Crippen LogP contribution >= 0.6 is 0 Å². The molecule has 0 radical (unpaired) electrons. The lowest BCUT2D eigenvalue weighted by Gasteiger charge is -2.29. The average molecular weight is 410 g/mol. The summed E-state index contributed by atoms with van der Waals surface area (Å²) in [7, 11) is 6.26. The quantitative estimate of drug-likeness (QED) is 0.483. The van der Waals surface area contributed by atoms with Crippen molar-refractivity contribution in [3.63, 3.8) is 0 Å². The van der Waals surface area contributed by atoms with E-state index in [4.69, 9.17) is 23.7 Å². The molecule has 1 aliphatic rings. The minimum absolute atomic E-state index is 0.197. The van der Waals surface area contributed by atoms with Crippen LogP contribution in [0.2, 0.25) is 0 Å². The Bertz CT molecular complexity index is 1020. The smallest absolute Gasteiger partial charge is 0.189 e.